The number of methoxy groups -OCH3 is 1. The number of hydrogen-bond acceptors (Lipinski definition) is 13. The second-order valence-corrected chi connectivity index (χ2v) is 42.3. The number of nitrogens with zero attached hydrogens (tertiary/aromatic N) is 8. The molecule has 23 rings (SSSR count). The van der Waals surface area contributed by atoms with Crippen LogP contribution in [0.4, 0.5) is 34.1 Å². The quantitative estimate of drug-likeness (QED) is 0.0312. The second kappa shape index (κ2) is 40.3. The van der Waals surface area contributed by atoms with Crippen LogP contribution in [-0.2, 0) is 59.2 Å². The average Bonchev–Trinajstić information content (AvgIpc) is 1.55. The van der Waals surface area contributed by atoms with Crippen molar-refractivity contribution in [2.45, 2.75) is 181 Å². The number of ketones is 4. The number of rotatable bonds is 25. The highest BCUT2D eigenvalue weighted by Gasteiger charge is 2.51. The van der Waals surface area contributed by atoms with Crippen LogP contribution in [0.3, 0.4) is 0 Å². The van der Waals surface area contributed by atoms with Gasteiger partial charge in [-0.05, 0) is 124 Å². The molecule has 11 aromatic carbocycles. The van der Waals surface area contributed by atoms with Crippen LogP contribution in [0.2, 0.25) is 0 Å². The Bertz CT molecular complexity index is 8190. The van der Waals surface area contributed by atoms with Gasteiger partial charge in [0.2, 0.25) is 22.9 Å². The summed E-state index contributed by atoms with van der Waals surface area (Å²) in [5.74, 6) is -0.833. The lowest BCUT2D eigenvalue weighted by Crippen LogP contribution is -2.33. The fourth-order valence-corrected chi connectivity index (χ4v) is 24.0. The number of aliphatic hydroxyl groups excluding tert-OH is 2. The molecule has 0 atom stereocenters. The molecule has 0 bridgehead atoms. The monoisotopic (exact) mass is 1960 g/mol. The number of para-hydroxylation sites is 7. The Labute approximate surface area is 867 Å². The van der Waals surface area contributed by atoms with Crippen molar-refractivity contribution in [2.24, 2.45) is 17.0 Å². The molecule has 0 unspecified atom stereocenters. The van der Waals surface area contributed by atoms with E-state index in [1.54, 1.807) is 13.3 Å². The van der Waals surface area contributed by atoms with Gasteiger partial charge in [0.1, 0.15) is 25.6 Å². The molecule has 8 heterocycles. The van der Waals surface area contributed by atoms with Gasteiger partial charge in [0.25, 0.3) is 0 Å². The van der Waals surface area contributed by atoms with E-state index < -0.39 is 0 Å². The number of aliphatic imine (C=N–C) groups is 2. The normalized spacial score (nSPS) is 19.2. The molecule has 10 aliphatic rings. The molecule has 0 spiro atoms. The number of unbranched alkanes of at least 4 members (excludes halogenated alkanes) is 10. The smallest absolute Gasteiger partial charge is 0.217 e. The number of carbonyl (C=O) groups excluding carboxylic acids is 4. The van der Waals surface area contributed by atoms with Gasteiger partial charge in [0.05, 0.1) is 67.9 Å². The van der Waals surface area contributed by atoms with Gasteiger partial charge in [0, 0.05) is 192 Å². The summed E-state index contributed by atoms with van der Waals surface area (Å²) >= 11 is 0. The summed E-state index contributed by atoms with van der Waals surface area (Å²) in [4.78, 5) is 68.2. The SMILES string of the molecule is CCCCCCCCN1C(=CC2=C(O)C(=C3C(c4ccccc4)=Nc4ccccc43)C2=O)C(C)(C)c2ccccc21.CCCCCCCCn1c(C)c(C2=C([O-])C(=CC3=[N+](C)c4ccccc4C3(C)C)C2=O)c2ccccc21.COCCN1C(=CC2=C(O)C(=C3C=Nc4ccccc43)C2=O)C(C)(C)c2ccccc21.Cn1c(-c2ccccc2)c(C2=C([O-])C(=CC3=[N+](C)c4c(ccc5ccccc45)C3(C)C)C2=O)c2ccccc21. The Kier molecular flexibility index (Phi) is 27.1. The maximum atomic E-state index is 13.9. The molecule has 0 amide bonds. The fraction of sp³-hybridized carbons (Fsp3) is 0.267. The van der Waals surface area contributed by atoms with E-state index in [0.29, 0.717) is 57.7 Å². The van der Waals surface area contributed by atoms with E-state index in [0.717, 1.165) is 149 Å². The van der Waals surface area contributed by atoms with E-state index in [2.05, 4.69) is 194 Å². The molecule has 17 nitrogen and oxygen atoms in total. The highest BCUT2D eigenvalue weighted by molar-refractivity contribution is 6.45. The summed E-state index contributed by atoms with van der Waals surface area (Å²) in [5.41, 5.74) is 27.7. The third-order valence-corrected chi connectivity index (χ3v) is 32.0. The maximum Gasteiger partial charge on any atom is 0.217 e. The molecule has 17 heteroatoms. The molecule has 0 fully saturated rings. The summed E-state index contributed by atoms with van der Waals surface area (Å²) < 4.78 is 14.0. The van der Waals surface area contributed by atoms with E-state index >= 15 is 0 Å². The largest absolute Gasteiger partial charge is 0.871 e. The number of ether oxygens (including phenoxy) is 1. The molecule has 13 aromatic rings. The van der Waals surface area contributed by atoms with Gasteiger partial charge in [-0.3, -0.25) is 24.2 Å². The van der Waals surface area contributed by atoms with Gasteiger partial charge in [-0.25, -0.2) is 4.99 Å². The van der Waals surface area contributed by atoms with Crippen molar-refractivity contribution in [3.8, 4) is 11.3 Å². The minimum atomic E-state index is -0.355. The zero-order valence-electron chi connectivity index (χ0n) is 87.4. The standard InChI is InChI=1S/C37H38N2O2.C35H28N2O2.C33H38N2O2.C26H24N2O3/c1-4-5-6-7-8-16-23-39-30-22-15-13-20-28(30)37(2,3)31(39)24-27-35(40)33(36(27)41)32-26-19-12-14-21-29(26)38-34(32)25-17-10-9-11-18-25;1-35(2)26-19-18-21-12-8-9-15-23(21)32(26)37(4)28(35)20-25-33(38)30(34(25)39)29-24-16-10-11-17-27(24)36(3)31(29)22-13-6-5-7-14-22;1-6-7-8-9-10-15-20-35-22(2)29(23-16-11-13-18-26(23)35)30-31(36)24(32(30)37)21-28-33(3,4)25-17-12-14-19-27(25)34(28)5;1-26(2)19-9-5-7-11-21(19)28(12-13-31-3)22(26)14-17-24(29)23(25(17)30)18-15-27-20-10-6-4-8-16(18)20/h9-15,17-22,24,40H,4-8,16,23H2,1-3H3;5-20H,1-4H3;11-14,16-19,21H,6-10,15,20H2,1-5H3;4-11,14-15,29H,12-13H2,1-3H3. The van der Waals surface area contributed by atoms with Crippen LogP contribution in [0.1, 0.15) is 202 Å². The molecule has 0 saturated heterocycles. The van der Waals surface area contributed by atoms with Crippen LogP contribution < -0.4 is 20.0 Å². The van der Waals surface area contributed by atoms with E-state index in [-0.39, 0.29) is 79.0 Å². The Morgan fingerprint density at radius 1 is 0.412 bits per heavy atom. The van der Waals surface area contributed by atoms with Crippen molar-refractivity contribution in [2.75, 3.05) is 50.7 Å². The van der Waals surface area contributed by atoms with Gasteiger partial charge in [0.15, 0.2) is 23.0 Å². The van der Waals surface area contributed by atoms with E-state index in [9.17, 15) is 39.6 Å². The maximum absolute atomic E-state index is 13.9. The minimum absolute atomic E-state index is 0.0362. The summed E-state index contributed by atoms with van der Waals surface area (Å²) in [6.07, 6.45) is 23.9. The number of benzene rings is 11. The predicted molar refractivity (Wildman–Crippen MR) is 598 cm³/mol. The summed E-state index contributed by atoms with van der Waals surface area (Å²) in [6, 6.07) is 89.2. The van der Waals surface area contributed by atoms with Gasteiger partial charge in [-0.15, -0.1) is 0 Å². The number of Topliss-reactive ketones (excluding diaryl/α,β-unsaturated/α-hetero) is 4. The predicted octanol–water partition coefficient (Wildman–Crippen LogP) is 26.8. The van der Waals surface area contributed by atoms with Crippen LogP contribution >= 0.6 is 0 Å². The molecule has 2 aromatic heterocycles. The first kappa shape index (κ1) is 99.6. The Hall–Kier alpha value is -15.7. The highest BCUT2D eigenvalue weighted by Crippen LogP contribution is 2.56. The number of allylic oxidation sites excluding steroid dienone is 16. The number of aromatic nitrogens is 2. The van der Waals surface area contributed by atoms with Crippen molar-refractivity contribution < 1.29 is 53.5 Å². The van der Waals surface area contributed by atoms with Crippen molar-refractivity contribution in [1.82, 2.24) is 9.13 Å². The number of anilines is 2. The zero-order chi connectivity index (χ0) is 104. The van der Waals surface area contributed by atoms with Gasteiger partial charge in [-0.1, -0.05) is 336 Å². The van der Waals surface area contributed by atoms with E-state index in [4.69, 9.17) is 9.73 Å². The van der Waals surface area contributed by atoms with Gasteiger partial charge < -0.3 is 44.1 Å². The lowest BCUT2D eigenvalue weighted by Gasteiger charge is -2.31. The van der Waals surface area contributed by atoms with Gasteiger partial charge in [-0.2, -0.15) is 9.15 Å². The lowest BCUT2D eigenvalue weighted by molar-refractivity contribution is -0.401. The third-order valence-electron chi connectivity index (χ3n) is 32.0. The molecule has 4 aliphatic carbocycles. The topological polar surface area (TPSA) is 211 Å². The first-order chi connectivity index (χ1) is 71.5. The van der Waals surface area contributed by atoms with Crippen LogP contribution in [-0.4, -0.2) is 116 Å². The van der Waals surface area contributed by atoms with Crippen molar-refractivity contribution in [1.29, 1.82) is 0 Å². The molecule has 0 saturated carbocycles. The van der Waals surface area contributed by atoms with Crippen molar-refractivity contribution >= 4 is 135 Å². The third kappa shape index (κ3) is 17.0. The molecular formula is C131H128N8O9. The zero-order valence-corrected chi connectivity index (χ0v) is 87.4. The number of aliphatic hydroxyl groups is 2. The van der Waals surface area contributed by atoms with E-state index in [1.807, 2.05) is 227 Å². The van der Waals surface area contributed by atoms with Gasteiger partial charge >= 0.3 is 0 Å². The molecule has 6 aliphatic heterocycles. The van der Waals surface area contributed by atoms with Crippen LogP contribution in [0, 0.1) is 6.92 Å². The van der Waals surface area contributed by atoms with E-state index in [1.165, 1.54) is 103 Å². The summed E-state index contributed by atoms with van der Waals surface area (Å²) in [6.45, 7) is 26.9. The number of hydrogen-bond donors (Lipinski definition) is 2. The van der Waals surface area contributed by atoms with Crippen LogP contribution in [0.5, 0.6) is 0 Å². The molecular weight excluding hydrogens is 1830 g/mol. The highest BCUT2D eigenvalue weighted by atomic mass is 16.5. The average molecular weight is 1960 g/mol. The number of fused-ring (bicyclic) bond motifs is 10. The number of aryl methyl sites for hydroxylation is 2. The summed E-state index contributed by atoms with van der Waals surface area (Å²) in [7, 11) is 7.72. The molecule has 2 N–H and O–H groups in total. The number of carbonyl (C=O) groups is 4. The minimum Gasteiger partial charge on any atom is -0.871 e. The Morgan fingerprint density at radius 2 is 0.878 bits per heavy atom. The van der Waals surface area contributed by atoms with Crippen molar-refractivity contribution in [3.63, 3.8) is 0 Å². The Morgan fingerprint density at radius 3 is 1.47 bits per heavy atom. The van der Waals surface area contributed by atoms with Crippen LogP contribution in [0.25, 0.3) is 66.1 Å². The van der Waals surface area contributed by atoms with Crippen LogP contribution in [0.15, 0.2) is 369 Å². The lowest BCUT2D eigenvalue weighted by atomic mass is 9.76. The summed E-state index contributed by atoms with van der Waals surface area (Å²) in [5, 5.41) is 54.0. The van der Waals surface area contributed by atoms with Crippen molar-refractivity contribution in [3.05, 3.63) is 415 Å². The fourth-order valence-electron chi connectivity index (χ4n) is 24.0. The first-order valence-electron chi connectivity index (χ1n) is 52.4. The second-order valence-electron chi connectivity index (χ2n) is 42.3. The first-order valence-corrected chi connectivity index (χ1v) is 52.4. The Balaban J connectivity index is 0.000000120. The molecule has 148 heavy (non-hydrogen) atoms. The molecule has 746 valence electrons. The molecule has 0 radical (unpaired) electrons.